The fraction of sp³-hybridized carbons (Fsp3) is 0.409. The third-order valence-corrected chi connectivity index (χ3v) is 5.36. The van der Waals surface area contributed by atoms with Crippen LogP contribution in [0.5, 0.6) is 11.5 Å². The fourth-order valence-electron chi connectivity index (χ4n) is 3.60. The number of halogens is 3. The van der Waals surface area contributed by atoms with Crippen molar-refractivity contribution in [2.24, 2.45) is 5.92 Å². The number of urea groups is 1. The van der Waals surface area contributed by atoms with Crippen LogP contribution in [0.1, 0.15) is 19.5 Å². The van der Waals surface area contributed by atoms with Gasteiger partial charge in [-0.2, -0.15) is 13.2 Å². The third-order valence-electron chi connectivity index (χ3n) is 5.36. The molecule has 1 atom stereocenters. The Morgan fingerprint density at radius 3 is 2.48 bits per heavy atom. The van der Waals surface area contributed by atoms with Crippen molar-refractivity contribution >= 4 is 23.3 Å². The number of hydrogen-bond acceptors (Lipinski definition) is 5. The molecule has 33 heavy (non-hydrogen) atoms. The lowest BCUT2D eigenvalue weighted by Crippen LogP contribution is -2.42. The molecule has 0 spiro atoms. The number of alkyl halides is 3. The van der Waals surface area contributed by atoms with Crippen LogP contribution in [0.3, 0.4) is 0 Å². The number of pyridine rings is 1. The number of nitrogens with one attached hydrogen (secondary N) is 1. The van der Waals surface area contributed by atoms with Gasteiger partial charge in [-0.3, -0.25) is 9.69 Å². The van der Waals surface area contributed by atoms with Crippen molar-refractivity contribution in [1.29, 1.82) is 0 Å². The molecule has 1 saturated heterocycles. The van der Waals surface area contributed by atoms with Gasteiger partial charge in [0.1, 0.15) is 23.7 Å². The first kappa shape index (κ1) is 24.1. The van der Waals surface area contributed by atoms with Gasteiger partial charge in [0.15, 0.2) is 0 Å². The normalized spacial score (nSPS) is 16.4. The van der Waals surface area contributed by atoms with E-state index in [-0.39, 0.29) is 30.7 Å². The molecule has 1 aromatic carbocycles. The molecule has 3 amide bonds. The van der Waals surface area contributed by atoms with Gasteiger partial charge >= 0.3 is 12.2 Å². The minimum atomic E-state index is -4.57. The molecule has 2 heterocycles. The number of methoxy groups -OCH3 is 2. The number of ether oxygens (including phenoxy) is 2. The number of carbonyl (C=O) groups is 2. The molecule has 11 heteroatoms. The lowest BCUT2D eigenvalue weighted by atomic mass is 10.0. The first-order valence-corrected chi connectivity index (χ1v) is 10.2. The molecule has 1 aromatic heterocycles. The van der Waals surface area contributed by atoms with Gasteiger partial charge in [-0.15, -0.1) is 0 Å². The zero-order chi connectivity index (χ0) is 24.3. The second kappa shape index (κ2) is 9.55. The number of amides is 3. The van der Waals surface area contributed by atoms with Crippen LogP contribution in [0.25, 0.3) is 0 Å². The molecular weight excluding hydrogens is 441 g/mol. The second-order valence-electron chi connectivity index (χ2n) is 7.85. The van der Waals surface area contributed by atoms with E-state index in [1.807, 2.05) is 13.8 Å². The Balaban J connectivity index is 1.78. The van der Waals surface area contributed by atoms with Crippen LogP contribution in [0, 0.1) is 5.92 Å². The fourth-order valence-corrected chi connectivity index (χ4v) is 3.60. The third kappa shape index (κ3) is 5.29. The van der Waals surface area contributed by atoms with Gasteiger partial charge in [0, 0.05) is 12.6 Å². The van der Waals surface area contributed by atoms with Gasteiger partial charge in [0.05, 0.1) is 37.8 Å². The number of rotatable bonds is 7. The van der Waals surface area contributed by atoms with Gasteiger partial charge in [-0.05, 0) is 30.2 Å². The summed E-state index contributed by atoms with van der Waals surface area (Å²) >= 11 is 0. The maximum Gasteiger partial charge on any atom is 0.433 e. The summed E-state index contributed by atoms with van der Waals surface area (Å²) in [5.74, 6) is 0.493. The molecule has 0 aliphatic carbocycles. The van der Waals surface area contributed by atoms with Gasteiger partial charge in [-0.25, -0.2) is 9.78 Å². The topological polar surface area (TPSA) is 84.0 Å². The molecule has 0 radical (unpaired) electrons. The predicted octanol–water partition coefficient (Wildman–Crippen LogP) is 4.02. The molecule has 8 nitrogen and oxygen atoms in total. The largest absolute Gasteiger partial charge is 0.497 e. The Labute approximate surface area is 189 Å². The van der Waals surface area contributed by atoms with Crippen LogP contribution >= 0.6 is 0 Å². The van der Waals surface area contributed by atoms with Crippen LogP contribution in [-0.4, -0.2) is 55.2 Å². The van der Waals surface area contributed by atoms with Crippen molar-refractivity contribution in [2.45, 2.75) is 26.1 Å². The first-order chi connectivity index (χ1) is 15.5. The van der Waals surface area contributed by atoms with Crippen molar-refractivity contribution in [3.8, 4) is 11.5 Å². The number of carbonyl (C=O) groups excluding carboxylic acids is 2. The summed E-state index contributed by atoms with van der Waals surface area (Å²) in [5.41, 5.74) is -0.420. The highest BCUT2D eigenvalue weighted by atomic mass is 19.4. The van der Waals surface area contributed by atoms with Crippen molar-refractivity contribution < 1.29 is 32.2 Å². The van der Waals surface area contributed by atoms with Gasteiger partial charge in [-0.1, -0.05) is 13.8 Å². The van der Waals surface area contributed by atoms with Crippen molar-refractivity contribution in [3.05, 3.63) is 42.2 Å². The van der Waals surface area contributed by atoms with E-state index < -0.39 is 23.8 Å². The average molecular weight is 466 g/mol. The summed E-state index contributed by atoms with van der Waals surface area (Å²) in [6, 6.07) is 6.16. The minimum absolute atomic E-state index is 0.000475. The van der Waals surface area contributed by atoms with Crippen LogP contribution < -0.4 is 19.7 Å². The van der Waals surface area contributed by atoms with Gasteiger partial charge in [0.2, 0.25) is 5.91 Å². The van der Waals surface area contributed by atoms with E-state index in [9.17, 15) is 22.8 Å². The highest BCUT2D eigenvalue weighted by Gasteiger charge is 2.41. The van der Waals surface area contributed by atoms with E-state index in [4.69, 9.17) is 9.47 Å². The standard InChI is InChI=1S/C22H25F3N4O4/c1-13(2)17-11-28(14-5-8-19(26-10-14)22(23,24)25)21(31)29(17)12-20(30)27-16-9-15(32-3)6-7-18(16)33-4/h5-10,13,17H,11-12H2,1-4H3,(H,27,30)/t17-/m1/s1. The molecule has 1 aliphatic rings. The molecule has 1 fully saturated rings. The predicted molar refractivity (Wildman–Crippen MR) is 115 cm³/mol. The Morgan fingerprint density at radius 1 is 1.21 bits per heavy atom. The van der Waals surface area contributed by atoms with E-state index in [1.54, 1.807) is 18.2 Å². The zero-order valence-corrected chi connectivity index (χ0v) is 18.6. The maximum absolute atomic E-state index is 13.1. The molecule has 0 saturated carbocycles. The highest BCUT2D eigenvalue weighted by Crippen LogP contribution is 2.32. The molecular formula is C22H25F3N4O4. The van der Waals surface area contributed by atoms with Gasteiger partial charge in [0.25, 0.3) is 0 Å². The number of nitrogens with zero attached hydrogens (tertiary/aromatic N) is 3. The molecule has 1 aliphatic heterocycles. The summed E-state index contributed by atoms with van der Waals surface area (Å²) in [7, 11) is 2.96. The summed E-state index contributed by atoms with van der Waals surface area (Å²) in [5, 5.41) is 2.73. The van der Waals surface area contributed by atoms with Crippen molar-refractivity contribution in [3.63, 3.8) is 0 Å². The average Bonchev–Trinajstić information content (AvgIpc) is 3.09. The summed E-state index contributed by atoms with van der Waals surface area (Å²) in [6.45, 7) is 3.79. The van der Waals surface area contributed by atoms with Crippen molar-refractivity contribution in [2.75, 3.05) is 37.5 Å². The molecule has 0 unspecified atom stereocenters. The number of hydrogen-bond donors (Lipinski definition) is 1. The zero-order valence-electron chi connectivity index (χ0n) is 18.6. The smallest absolute Gasteiger partial charge is 0.433 e. The maximum atomic E-state index is 13.1. The number of aromatic nitrogens is 1. The van der Waals surface area contributed by atoms with Crippen LogP contribution in [-0.2, 0) is 11.0 Å². The van der Waals surface area contributed by atoms with Crippen molar-refractivity contribution in [1.82, 2.24) is 9.88 Å². The number of benzene rings is 1. The molecule has 2 aromatic rings. The van der Waals surface area contributed by atoms with Gasteiger partial charge < -0.3 is 19.7 Å². The Kier molecular flexibility index (Phi) is 6.99. The second-order valence-corrected chi connectivity index (χ2v) is 7.85. The number of anilines is 2. The first-order valence-electron chi connectivity index (χ1n) is 10.2. The molecule has 178 valence electrons. The summed E-state index contributed by atoms with van der Waals surface area (Å²) < 4.78 is 48.9. The van der Waals surface area contributed by atoms with E-state index in [1.165, 1.54) is 30.1 Å². The SMILES string of the molecule is COc1ccc(OC)c(NC(=O)CN2C(=O)N(c3ccc(C(F)(F)F)nc3)C[C@@H]2C(C)C)c1. The lowest BCUT2D eigenvalue weighted by molar-refractivity contribution is -0.141. The highest BCUT2D eigenvalue weighted by molar-refractivity contribution is 6.00. The van der Waals surface area contributed by atoms with Crippen LogP contribution in [0.4, 0.5) is 29.3 Å². The Hall–Kier alpha value is -3.50. The van der Waals surface area contributed by atoms with E-state index >= 15 is 0 Å². The molecule has 1 N–H and O–H groups in total. The summed E-state index contributed by atoms with van der Waals surface area (Å²) in [4.78, 5) is 32.1. The van der Waals surface area contributed by atoms with Crippen LogP contribution in [0.15, 0.2) is 36.5 Å². The quantitative estimate of drug-likeness (QED) is 0.666. The van der Waals surface area contributed by atoms with E-state index in [2.05, 4.69) is 10.3 Å². The lowest BCUT2D eigenvalue weighted by Gasteiger charge is -2.25. The Morgan fingerprint density at radius 2 is 1.94 bits per heavy atom. The summed E-state index contributed by atoms with van der Waals surface area (Å²) in [6.07, 6.45) is -3.55. The van der Waals surface area contributed by atoms with E-state index in [0.29, 0.717) is 17.2 Å². The van der Waals surface area contributed by atoms with E-state index in [0.717, 1.165) is 12.3 Å². The van der Waals surface area contributed by atoms with Crippen LogP contribution in [0.2, 0.25) is 0 Å². The molecule has 0 bridgehead atoms. The monoisotopic (exact) mass is 466 g/mol. The molecule has 3 rings (SSSR count). The minimum Gasteiger partial charge on any atom is -0.497 e. The Bertz CT molecular complexity index is 1010.